The zero-order chi connectivity index (χ0) is 10.7. The second kappa shape index (κ2) is 4.46. The van der Waals surface area contributed by atoms with Crippen molar-refractivity contribution in [2.24, 2.45) is 0 Å². The molecule has 76 valence electrons. The Hall–Kier alpha value is -1.04. The van der Waals surface area contributed by atoms with Crippen molar-refractivity contribution >= 4 is 12.6 Å². The van der Waals surface area contributed by atoms with Crippen LogP contribution in [0, 0.1) is 6.92 Å². The van der Waals surface area contributed by atoms with Crippen LogP contribution in [0.5, 0.6) is 5.75 Å². The molecule has 1 aromatic rings. The summed E-state index contributed by atoms with van der Waals surface area (Å²) in [5.41, 5.74) is 1.67. The van der Waals surface area contributed by atoms with Gasteiger partial charge in [-0.2, -0.15) is 0 Å². The van der Waals surface area contributed by atoms with E-state index in [0.717, 1.165) is 5.56 Å². The average Bonchev–Trinajstić information content (AvgIpc) is 2.16. The summed E-state index contributed by atoms with van der Waals surface area (Å²) in [6.07, 6.45) is 0. The van der Waals surface area contributed by atoms with Gasteiger partial charge in [-0.05, 0) is 17.9 Å². The molecule has 1 aromatic carbocycles. The van der Waals surface area contributed by atoms with Crippen LogP contribution in [0.4, 0.5) is 0 Å². The van der Waals surface area contributed by atoms with Crippen molar-refractivity contribution in [3.05, 3.63) is 23.3 Å². The number of hydrogen-bond acceptors (Lipinski definition) is 4. The summed E-state index contributed by atoms with van der Waals surface area (Å²) in [5.74, 6) is 0.580. The van der Waals surface area contributed by atoms with E-state index in [9.17, 15) is 0 Å². The lowest BCUT2D eigenvalue weighted by atomic mass is 9.78. The molecule has 0 atom stereocenters. The van der Waals surface area contributed by atoms with Crippen molar-refractivity contribution in [3.8, 4) is 5.75 Å². The average molecular weight is 196 g/mol. The molecule has 0 unspecified atom stereocenters. The maximum absolute atomic E-state index is 9.04. The van der Waals surface area contributed by atoms with Crippen LogP contribution in [0.15, 0.2) is 12.1 Å². The third-order valence-corrected chi connectivity index (χ3v) is 2.05. The highest BCUT2D eigenvalue weighted by atomic mass is 16.5. The normalized spacial score (nSPS) is 10.1. The maximum atomic E-state index is 9.04. The number of rotatable bonds is 3. The summed E-state index contributed by atoms with van der Waals surface area (Å²) in [6.45, 7) is 1.59. The Labute approximate surface area is 82.9 Å². The highest BCUT2D eigenvalue weighted by Crippen LogP contribution is 2.21. The van der Waals surface area contributed by atoms with Gasteiger partial charge in [0.2, 0.25) is 0 Å². The Morgan fingerprint density at radius 3 is 2.43 bits per heavy atom. The quantitative estimate of drug-likeness (QED) is 0.552. The Bertz CT molecular complexity index is 325. The minimum Gasteiger partial charge on any atom is -0.496 e. The lowest BCUT2D eigenvalue weighted by Crippen LogP contribution is -2.30. The summed E-state index contributed by atoms with van der Waals surface area (Å²) in [7, 11) is -0.0128. The van der Waals surface area contributed by atoms with Gasteiger partial charge in [-0.25, -0.2) is 0 Å². The summed E-state index contributed by atoms with van der Waals surface area (Å²) in [5, 5.41) is 27.0. The van der Waals surface area contributed by atoms with Crippen LogP contribution < -0.4 is 10.2 Å². The summed E-state index contributed by atoms with van der Waals surface area (Å²) in [6, 6.07) is 3.12. The van der Waals surface area contributed by atoms with Crippen molar-refractivity contribution in [1.29, 1.82) is 0 Å². The number of aryl methyl sites for hydroxylation is 1. The van der Waals surface area contributed by atoms with Gasteiger partial charge in [0.15, 0.2) is 0 Å². The molecular formula is C9H13BO4. The van der Waals surface area contributed by atoms with Crippen LogP contribution in [0.1, 0.15) is 11.1 Å². The third kappa shape index (κ3) is 2.06. The molecule has 0 aliphatic heterocycles. The molecule has 0 bridgehead atoms. The maximum Gasteiger partial charge on any atom is 0.488 e. The topological polar surface area (TPSA) is 69.9 Å². The Kier molecular flexibility index (Phi) is 3.52. The van der Waals surface area contributed by atoms with Crippen molar-refractivity contribution in [1.82, 2.24) is 0 Å². The number of hydrogen-bond donors (Lipinski definition) is 3. The van der Waals surface area contributed by atoms with E-state index in [1.165, 1.54) is 13.2 Å². The van der Waals surface area contributed by atoms with E-state index in [-0.39, 0.29) is 6.61 Å². The fourth-order valence-electron chi connectivity index (χ4n) is 1.44. The predicted octanol–water partition coefficient (Wildman–Crippen LogP) is -0.824. The summed E-state index contributed by atoms with van der Waals surface area (Å²) >= 11 is 0. The first kappa shape index (κ1) is 11.0. The molecule has 0 radical (unpaired) electrons. The molecule has 0 heterocycles. The van der Waals surface area contributed by atoms with Gasteiger partial charge in [0.25, 0.3) is 0 Å². The van der Waals surface area contributed by atoms with Gasteiger partial charge < -0.3 is 19.9 Å². The third-order valence-electron chi connectivity index (χ3n) is 2.05. The standard InChI is InChI=1S/C9H13BO4/c1-6-3-8(10(12)13)4-7(5-11)9(6)14-2/h3-4,11-13H,5H2,1-2H3. The molecule has 14 heavy (non-hydrogen) atoms. The molecule has 3 N–H and O–H groups in total. The molecular weight excluding hydrogens is 183 g/mol. The van der Waals surface area contributed by atoms with E-state index < -0.39 is 7.12 Å². The largest absolute Gasteiger partial charge is 0.496 e. The van der Waals surface area contributed by atoms with E-state index in [0.29, 0.717) is 16.8 Å². The van der Waals surface area contributed by atoms with Crippen LogP contribution in [0.2, 0.25) is 0 Å². The Morgan fingerprint density at radius 2 is 2.00 bits per heavy atom. The van der Waals surface area contributed by atoms with E-state index in [4.69, 9.17) is 19.9 Å². The highest BCUT2D eigenvalue weighted by molar-refractivity contribution is 6.58. The molecule has 0 aliphatic carbocycles. The Balaban J connectivity index is 3.24. The predicted molar refractivity (Wildman–Crippen MR) is 53.5 cm³/mol. The summed E-state index contributed by atoms with van der Waals surface area (Å²) in [4.78, 5) is 0. The number of aliphatic hydroxyl groups is 1. The molecule has 0 saturated heterocycles. The number of aliphatic hydroxyl groups excluding tert-OH is 1. The Morgan fingerprint density at radius 1 is 1.36 bits per heavy atom. The molecule has 0 saturated carbocycles. The first-order valence-electron chi connectivity index (χ1n) is 4.24. The minimum atomic E-state index is -1.52. The van der Waals surface area contributed by atoms with E-state index in [1.807, 2.05) is 0 Å². The zero-order valence-corrected chi connectivity index (χ0v) is 8.19. The molecule has 1 rings (SSSR count). The lowest BCUT2D eigenvalue weighted by molar-refractivity contribution is 0.273. The fraction of sp³-hybridized carbons (Fsp3) is 0.333. The first-order valence-corrected chi connectivity index (χ1v) is 4.24. The molecule has 0 amide bonds. The minimum absolute atomic E-state index is 0.190. The molecule has 4 nitrogen and oxygen atoms in total. The zero-order valence-electron chi connectivity index (χ0n) is 8.19. The first-order chi connectivity index (χ1) is 6.60. The van der Waals surface area contributed by atoms with Crippen molar-refractivity contribution in [2.45, 2.75) is 13.5 Å². The SMILES string of the molecule is COc1c(C)cc(B(O)O)cc1CO. The molecule has 0 aromatic heterocycles. The van der Waals surface area contributed by atoms with Crippen LogP contribution >= 0.6 is 0 Å². The van der Waals surface area contributed by atoms with Crippen LogP contribution in [-0.4, -0.2) is 29.4 Å². The van der Waals surface area contributed by atoms with Gasteiger partial charge in [-0.1, -0.05) is 12.1 Å². The van der Waals surface area contributed by atoms with Gasteiger partial charge in [-0.15, -0.1) is 0 Å². The van der Waals surface area contributed by atoms with Gasteiger partial charge in [0, 0.05) is 5.56 Å². The van der Waals surface area contributed by atoms with Crippen molar-refractivity contribution < 1.29 is 19.9 Å². The van der Waals surface area contributed by atoms with Crippen molar-refractivity contribution in [2.75, 3.05) is 7.11 Å². The van der Waals surface area contributed by atoms with E-state index in [1.54, 1.807) is 13.0 Å². The number of ether oxygens (including phenoxy) is 1. The fourth-order valence-corrected chi connectivity index (χ4v) is 1.44. The summed E-state index contributed by atoms with van der Waals surface area (Å²) < 4.78 is 5.08. The van der Waals surface area contributed by atoms with Crippen LogP contribution in [0.3, 0.4) is 0 Å². The molecule has 5 heteroatoms. The highest BCUT2D eigenvalue weighted by Gasteiger charge is 2.15. The smallest absolute Gasteiger partial charge is 0.488 e. The van der Waals surface area contributed by atoms with Crippen LogP contribution in [-0.2, 0) is 6.61 Å². The number of methoxy groups -OCH3 is 1. The molecule has 0 spiro atoms. The van der Waals surface area contributed by atoms with Gasteiger partial charge in [0.05, 0.1) is 13.7 Å². The van der Waals surface area contributed by atoms with Gasteiger partial charge in [-0.3, -0.25) is 0 Å². The molecule has 0 fully saturated rings. The van der Waals surface area contributed by atoms with Crippen molar-refractivity contribution in [3.63, 3.8) is 0 Å². The second-order valence-corrected chi connectivity index (χ2v) is 3.06. The van der Waals surface area contributed by atoms with Gasteiger partial charge in [0.1, 0.15) is 5.75 Å². The lowest BCUT2D eigenvalue weighted by Gasteiger charge is -2.11. The van der Waals surface area contributed by atoms with Gasteiger partial charge >= 0.3 is 7.12 Å². The van der Waals surface area contributed by atoms with Crippen LogP contribution in [0.25, 0.3) is 0 Å². The molecule has 0 aliphatic rings. The van der Waals surface area contributed by atoms with E-state index in [2.05, 4.69) is 0 Å². The van der Waals surface area contributed by atoms with E-state index >= 15 is 0 Å². The number of benzene rings is 1. The second-order valence-electron chi connectivity index (χ2n) is 3.06. The monoisotopic (exact) mass is 196 g/mol.